The van der Waals surface area contributed by atoms with Gasteiger partial charge in [0.2, 0.25) is 5.91 Å². The minimum absolute atomic E-state index is 0.0658. The second kappa shape index (κ2) is 6.84. The molecule has 0 bridgehead atoms. The summed E-state index contributed by atoms with van der Waals surface area (Å²) in [5, 5.41) is 3.31. The quantitative estimate of drug-likeness (QED) is 0.919. The highest BCUT2D eigenvalue weighted by molar-refractivity contribution is 6.30. The van der Waals surface area contributed by atoms with E-state index in [4.69, 9.17) is 16.3 Å². The average Bonchev–Trinajstić information content (AvgIpc) is 2.56. The number of hydrogen-bond acceptors (Lipinski definition) is 4. The molecule has 104 valence electrons. The largest absolute Gasteiger partial charge is 0.377 e. The summed E-state index contributed by atoms with van der Waals surface area (Å²) in [6.07, 6.45) is 2.64. The van der Waals surface area contributed by atoms with E-state index in [9.17, 15) is 4.79 Å². The molecular formula is C13H18ClN3O2. The SMILES string of the molecule is C[C@H]1CN(CC(=O)Nc2ccc(Cl)cn2)CCCO1. The van der Waals surface area contributed by atoms with E-state index in [1.165, 1.54) is 6.20 Å². The Labute approximate surface area is 117 Å². The molecule has 1 aliphatic heterocycles. The van der Waals surface area contributed by atoms with E-state index < -0.39 is 0 Å². The summed E-state index contributed by atoms with van der Waals surface area (Å²) < 4.78 is 5.55. The van der Waals surface area contributed by atoms with Crippen LogP contribution in [0.25, 0.3) is 0 Å². The van der Waals surface area contributed by atoms with E-state index in [2.05, 4.69) is 15.2 Å². The van der Waals surface area contributed by atoms with Crippen LogP contribution in [0.2, 0.25) is 5.02 Å². The van der Waals surface area contributed by atoms with Crippen molar-refractivity contribution in [2.45, 2.75) is 19.4 Å². The summed E-state index contributed by atoms with van der Waals surface area (Å²) in [4.78, 5) is 18.1. The van der Waals surface area contributed by atoms with Crippen LogP contribution in [0, 0.1) is 0 Å². The van der Waals surface area contributed by atoms with Gasteiger partial charge in [-0.25, -0.2) is 4.98 Å². The second-order valence-corrected chi connectivity index (χ2v) is 5.12. The fraction of sp³-hybridized carbons (Fsp3) is 0.538. The normalized spacial score (nSPS) is 20.8. The molecule has 0 radical (unpaired) electrons. The third-order valence-electron chi connectivity index (χ3n) is 2.90. The Hall–Kier alpha value is -1.17. The number of halogens is 1. The van der Waals surface area contributed by atoms with Crippen molar-refractivity contribution in [1.82, 2.24) is 9.88 Å². The van der Waals surface area contributed by atoms with Crippen LogP contribution in [0.4, 0.5) is 5.82 Å². The monoisotopic (exact) mass is 283 g/mol. The Morgan fingerprint density at radius 1 is 1.63 bits per heavy atom. The van der Waals surface area contributed by atoms with E-state index >= 15 is 0 Å². The molecule has 0 aliphatic carbocycles. The Morgan fingerprint density at radius 3 is 3.21 bits per heavy atom. The van der Waals surface area contributed by atoms with Gasteiger partial charge in [0.25, 0.3) is 0 Å². The highest BCUT2D eigenvalue weighted by atomic mass is 35.5. The standard InChI is InChI=1S/C13H18ClN3O2/c1-10-8-17(5-2-6-19-10)9-13(18)16-12-4-3-11(14)7-15-12/h3-4,7,10H,2,5-6,8-9H2,1H3,(H,15,16,18)/t10-/m0/s1. The molecule has 1 fully saturated rings. The lowest BCUT2D eigenvalue weighted by atomic mass is 10.3. The zero-order chi connectivity index (χ0) is 13.7. The smallest absolute Gasteiger partial charge is 0.239 e. The number of carbonyl (C=O) groups excluding carboxylic acids is 1. The number of ether oxygens (including phenoxy) is 1. The zero-order valence-electron chi connectivity index (χ0n) is 10.9. The van der Waals surface area contributed by atoms with Gasteiger partial charge in [-0.2, -0.15) is 0 Å². The van der Waals surface area contributed by atoms with E-state index in [0.29, 0.717) is 17.4 Å². The summed E-state index contributed by atoms with van der Waals surface area (Å²) in [5.41, 5.74) is 0. The summed E-state index contributed by atoms with van der Waals surface area (Å²) in [7, 11) is 0. The molecule has 19 heavy (non-hydrogen) atoms. The first-order valence-electron chi connectivity index (χ1n) is 6.39. The van der Waals surface area contributed by atoms with Gasteiger partial charge in [-0.05, 0) is 25.5 Å². The minimum atomic E-state index is -0.0658. The van der Waals surface area contributed by atoms with Crippen molar-refractivity contribution in [1.29, 1.82) is 0 Å². The predicted octanol–water partition coefficient (Wildman–Crippen LogP) is 1.78. The van der Waals surface area contributed by atoms with Crippen LogP contribution in [0.3, 0.4) is 0 Å². The molecule has 1 N–H and O–H groups in total. The van der Waals surface area contributed by atoms with Gasteiger partial charge in [0.15, 0.2) is 0 Å². The van der Waals surface area contributed by atoms with E-state index in [-0.39, 0.29) is 12.0 Å². The van der Waals surface area contributed by atoms with Crippen LogP contribution in [0.5, 0.6) is 0 Å². The molecule has 1 atom stereocenters. The van der Waals surface area contributed by atoms with E-state index in [1.54, 1.807) is 12.1 Å². The van der Waals surface area contributed by atoms with E-state index in [1.807, 2.05) is 6.92 Å². The molecule has 1 aliphatic rings. The molecular weight excluding hydrogens is 266 g/mol. The van der Waals surface area contributed by atoms with Crippen LogP contribution in [0.1, 0.15) is 13.3 Å². The fourth-order valence-electron chi connectivity index (χ4n) is 2.06. The topological polar surface area (TPSA) is 54.5 Å². The van der Waals surface area contributed by atoms with Crippen molar-refractivity contribution in [3.8, 4) is 0 Å². The lowest BCUT2D eigenvalue weighted by Crippen LogP contribution is -2.37. The molecule has 0 aromatic carbocycles. The molecule has 0 saturated carbocycles. The second-order valence-electron chi connectivity index (χ2n) is 4.68. The van der Waals surface area contributed by atoms with Gasteiger partial charge in [0.1, 0.15) is 5.82 Å². The third kappa shape index (κ3) is 4.78. The number of pyridine rings is 1. The van der Waals surface area contributed by atoms with Crippen molar-refractivity contribution >= 4 is 23.3 Å². The van der Waals surface area contributed by atoms with Crippen molar-refractivity contribution in [2.24, 2.45) is 0 Å². The van der Waals surface area contributed by atoms with Crippen molar-refractivity contribution in [3.63, 3.8) is 0 Å². The van der Waals surface area contributed by atoms with Gasteiger partial charge < -0.3 is 10.1 Å². The summed E-state index contributed by atoms with van der Waals surface area (Å²) in [5.74, 6) is 0.456. The molecule has 0 unspecified atom stereocenters. The molecule has 5 nitrogen and oxygen atoms in total. The van der Waals surface area contributed by atoms with E-state index in [0.717, 1.165) is 26.1 Å². The molecule has 6 heteroatoms. The maximum Gasteiger partial charge on any atom is 0.239 e. The fourth-order valence-corrected chi connectivity index (χ4v) is 2.17. The van der Waals surface area contributed by atoms with Crippen molar-refractivity contribution < 1.29 is 9.53 Å². The Kier molecular flexibility index (Phi) is 5.13. The molecule has 1 saturated heterocycles. The Balaban J connectivity index is 1.84. The molecule has 2 rings (SSSR count). The van der Waals surface area contributed by atoms with Gasteiger partial charge in [0, 0.05) is 25.9 Å². The summed E-state index contributed by atoms with van der Waals surface area (Å²) >= 11 is 5.74. The number of amides is 1. The summed E-state index contributed by atoms with van der Waals surface area (Å²) in [6.45, 7) is 4.81. The highest BCUT2D eigenvalue weighted by Gasteiger charge is 2.17. The van der Waals surface area contributed by atoms with Gasteiger partial charge in [-0.1, -0.05) is 11.6 Å². The molecule has 1 amide bonds. The van der Waals surface area contributed by atoms with Gasteiger partial charge in [0.05, 0.1) is 17.7 Å². The first kappa shape index (κ1) is 14.2. The zero-order valence-corrected chi connectivity index (χ0v) is 11.7. The van der Waals surface area contributed by atoms with Crippen LogP contribution < -0.4 is 5.32 Å². The first-order chi connectivity index (χ1) is 9.13. The molecule has 0 spiro atoms. The molecule has 1 aromatic heterocycles. The maximum absolute atomic E-state index is 11.9. The highest BCUT2D eigenvalue weighted by Crippen LogP contribution is 2.10. The third-order valence-corrected chi connectivity index (χ3v) is 3.12. The van der Waals surface area contributed by atoms with Crippen molar-refractivity contribution in [3.05, 3.63) is 23.4 Å². The maximum atomic E-state index is 11.9. The number of aromatic nitrogens is 1. The molecule has 1 aromatic rings. The number of anilines is 1. The summed E-state index contributed by atoms with van der Waals surface area (Å²) in [6, 6.07) is 3.39. The average molecular weight is 284 g/mol. The van der Waals surface area contributed by atoms with Gasteiger partial charge in [-0.15, -0.1) is 0 Å². The van der Waals surface area contributed by atoms with Crippen LogP contribution >= 0.6 is 11.6 Å². The van der Waals surface area contributed by atoms with Crippen LogP contribution in [0.15, 0.2) is 18.3 Å². The predicted molar refractivity (Wildman–Crippen MR) is 74.3 cm³/mol. The lowest BCUT2D eigenvalue weighted by molar-refractivity contribution is -0.117. The van der Waals surface area contributed by atoms with Crippen LogP contribution in [-0.2, 0) is 9.53 Å². The number of nitrogens with one attached hydrogen (secondary N) is 1. The lowest BCUT2D eigenvalue weighted by Gasteiger charge is -2.20. The number of hydrogen-bond donors (Lipinski definition) is 1. The Bertz CT molecular complexity index is 424. The van der Waals surface area contributed by atoms with Crippen molar-refractivity contribution in [2.75, 3.05) is 31.6 Å². The first-order valence-corrected chi connectivity index (χ1v) is 6.76. The Morgan fingerprint density at radius 2 is 2.47 bits per heavy atom. The van der Waals surface area contributed by atoms with Gasteiger partial charge in [-0.3, -0.25) is 9.69 Å². The molecule has 2 heterocycles. The number of rotatable bonds is 3. The number of carbonyl (C=O) groups is 1. The minimum Gasteiger partial charge on any atom is -0.377 e. The number of nitrogens with zero attached hydrogens (tertiary/aromatic N) is 2. The van der Waals surface area contributed by atoms with Crippen LogP contribution in [-0.4, -0.2) is 48.1 Å². The van der Waals surface area contributed by atoms with Gasteiger partial charge >= 0.3 is 0 Å².